The summed E-state index contributed by atoms with van der Waals surface area (Å²) in [6.07, 6.45) is 9.71. The molecule has 3 heteroatoms. The average Bonchev–Trinajstić information content (AvgIpc) is 2.34. The van der Waals surface area contributed by atoms with E-state index in [1.165, 1.54) is 25.7 Å². The van der Waals surface area contributed by atoms with E-state index in [-0.39, 0.29) is 5.91 Å². The monoisotopic (exact) mass is 252 g/mol. The highest BCUT2D eigenvalue weighted by Gasteiger charge is 2.06. The maximum Gasteiger partial charge on any atom is 0.234 e. The Morgan fingerprint density at radius 2 is 1.72 bits per heavy atom. The summed E-state index contributed by atoms with van der Waals surface area (Å²) in [5.74, 6) is 0.0918. The zero-order chi connectivity index (χ0) is 13.6. The normalized spacial score (nSPS) is 10.3. The highest BCUT2D eigenvalue weighted by molar-refractivity contribution is 5.78. The van der Waals surface area contributed by atoms with Crippen LogP contribution < -0.4 is 5.32 Å². The van der Waals surface area contributed by atoms with Gasteiger partial charge in [0.1, 0.15) is 0 Å². The number of nitrogens with one attached hydrogen (secondary N) is 1. The maximum atomic E-state index is 11.7. The zero-order valence-corrected chi connectivity index (χ0v) is 11.8. The Kier molecular flexibility index (Phi) is 11.6. The van der Waals surface area contributed by atoms with E-state index in [9.17, 15) is 4.79 Å². The summed E-state index contributed by atoms with van der Waals surface area (Å²) in [5, 5.41) is 2.96. The number of carbonyl (C=O) groups excluding carboxylic acids is 1. The Morgan fingerprint density at radius 3 is 2.28 bits per heavy atom. The number of unbranched alkanes of at least 4 members (excludes halogenated alkanes) is 4. The average molecular weight is 252 g/mol. The molecule has 104 valence electrons. The molecule has 0 saturated heterocycles. The fourth-order valence-electron chi connectivity index (χ4n) is 1.78. The highest BCUT2D eigenvalue weighted by Crippen LogP contribution is 2.01. The summed E-state index contributed by atoms with van der Waals surface area (Å²) < 4.78 is 0. The molecular formula is C15H28N2O. The van der Waals surface area contributed by atoms with Crippen molar-refractivity contribution >= 4 is 5.91 Å². The molecule has 0 aromatic carbocycles. The molecule has 0 radical (unpaired) electrons. The van der Waals surface area contributed by atoms with E-state index in [1.54, 1.807) is 0 Å². The summed E-state index contributed by atoms with van der Waals surface area (Å²) in [7, 11) is 0. The van der Waals surface area contributed by atoms with E-state index < -0.39 is 0 Å². The first-order chi connectivity index (χ1) is 8.74. The van der Waals surface area contributed by atoms with Crippen LogP contribution in [-0.4, -0.2) is 37.0 Å². The first kappa shape index (κ1) is 16.9. The van der Waals surface area contributed by atoms with Crippen LogP contribution in [0.15, 0.2) is 25.3 Å². The van der Waals surface area contributed by atoms with Gasteiger partial charge in [-0.25, -0.2) is 0 Å². The third-order valence-electron chi connectivity index (χ3n) is 2.74. The van der Waals surface area contributed by atoms with Gasteiger partial charge in [-0.1, -0.05) is 44.8 Å². The van der Waals surface area contributed by atoms with Crippen LogP contribution in [0.1, 0.15) is 39.0 Å². The first-order valence-electron chi connectivity index (χ1n) is 6.95. The summed E-state index contributed by atoms with van der Waals surface area (Å²) >= 11 is 0. The van der Waals surface area contributed by atoms with Gasteiger partial charge in [0.15, 0.2) is 0 Å². The molecule has 0 aromatic heterocycles. The first-order valence-corrected chi connectivity index (χ1v) is 6.95. The van der Waals surface area contributed by atoms with Gasteiger partial charge in [0.05, 0.1) is 6.54 Å². The number of carbonyl (C=O) groups is 1. The van der Waals surface area contributed by atoms with Crippen molar-refractivity contribution in [3.63, 3.8) is 0 Å². The Labute approximate surface area is 112 Å². The molecule has 0 saturated carbocycles. The van der Waals surface area contributed by atoms with Crippen LogP contribution in [0, 0.1) is 0 Å². The summed E-state index contributed by atoms with van der Waals surface area (Å²) in [6, 6.07) is 0. The minimum Gasteiger partial charge on any atom is -0.355 e. The van der Waals surface area contributed by atoms with Crippen LogP contribution in [0.5, 0.6) is 0 Å². The second-order valence-electron chi connectivity index (χ2n) is 4.54. The van der Waals surface area contributed by atoms with Crippen LogP contribution in [0.3, 0.4) is 0 Å². The molecule has 0 bridgehead atoms. The van der Waals surface area contributed by atoms with E-state index in [2.05, 4.69) is 25.4 Å². The third-order valence-corrected chi connectivity index (χ3v) is 2.74. The Morgan fingerprint density at radius 1 is 1.11 bits per heavy atom. The van der Waals surface area contributed by atoms with E-state index in [0.717, 1.165) is 26.1 Å². The second-order valence-corrected chi connectivity index (χ2v) is 4.54. The van der Waals surface area contributed by atoms with Crippen molar-refractivity contribution in [2.45, 2.75) is 39.0 Å². The van der Waals surface area contributed by atoms with Crippen molar-refractivity contribution in [3.8, 4) is 0 Å². The van der Waals surface area contributed by atoms with Gasteiger partial charge < -0.3 is 5.32 Å². The predicted octanol–water partition coefficient (Wildman–Crippen LogP) is 2.75. The van der Waals surface area contributed by atoms with Crippen LogP contribution in [0.25, 0.3) is 0 Å². The maximum absolute atomic E-state index is 11.7. The van der Waals surface area contributed by atoms with Crippen LogP contribution in [-0.2, 0) is 4.79 Å². The van der Waals surface area contributed by atoms with Crippen molar-refractivity contribution in [2.24, 2.45) is 0 Å². The van der Waals surface area contributed by atoms with Crippen molar-refractivity contribution < 1.29 is 4.79 Å². The largest absolute Gasteiger partial charge is 0.355 e. The van der Waals surface area contributed by atoms with Gasteiger partial charge >= 0.3 is 0 Å². The minimum absolute atomic E-state index is 0.0918. The molecule has 0 rings (SSSR count). The summed E-state index contributed by atoms with van der Waals surface area (Å²) in [5.41, 5.74) is 0. The molecule has 0 heterocycles. The molecule has 0 spiro atoms. The lowest BCUT2D eigenvalue weighted by Gasteiger charge is -2.17. The Hall–Kier alpha value is -1.09. The lowest BCUT2D eigenvalue weighted by molar-refractivity contribution is -0.122. The molecule has 0 aromatic rings. The third kappa shape index (κ3) is 10.1. The van der Waals surface area contributed by atoms with E-state index in [0.29, 0.717) is 6.54 Å². The molecular weight excluding hydrogens is 224 g/mol. The fraction of sp³-hybridized carbons (Fsp3) is 0.667. The van der Waals surface area contributed by atoms with Gasteiger partial charge in [-0.05, 0) is 6.42 Å². The van der Waals surface area contributed by atoms with Crippen molar-refractivity contribution in [3.05, 3.63) is 25.3 Å². The number of nitrogens with zero attached hydrogens (tertiary/aromatic N) is 1. The zero-order valence-electron chi connectivity index (χ0n) is 11.8. The molecule has 0 unspecified atom stereocenters. The van der Waals surface area contributed by atoms with Gasteiger partial charge in [-0.2, -0.15) is 0 Å². The number of hydrogen-bond acceptors (Lipinski definition) is 2. The van der Waals surface area contributed by atoms with E-state index in [4.69, 9.17) is 0 Å². The van der Waals surface area contributed by atoms with Gasteiger partial charge in [0.2, 0.25) is 5.91 Å². The molecule has 3 nitrogen and oxygen atoms in total. The van der Waals surface area contributed by atoms with Crippen molar-refractivity contribution in [1.29, 1.82) is 0 Å². The second kappa shape index (κ2) is 12.4. The minimum atomic E-state index is 0.0918. The molecule has 0 atom stereocenters. The predicted molar refractivity (Wildman–Crippen MR) is 78.6 cm³/mol. The van der Waals surface area contributed by atoms with Gasteiger partial charge in [0, 0.05) is 19.6 Å². The number of rotatable bonds is 12. The molecule has 18 heavy (non-hydrogen) atoms. The van der Waals surface area contributed by atoms with Gasteiger partial charge in [-0.15, -0.1) is 13.2 Å². The van der Waals surface area contributed by atoms with E-state index in [1.807, 2.05) is 17.1 Å². The summed E-state index contributed by atoms with van der Waals surface area (Å²) in [6.45, 7) is 12.2. The number of hydrogen-bond donors (Lipinski definition) is 1. The fourth-order valence-corrected chi connectivity index (χ4v) is 1.78. The highest BCUT2D eigenvalue weighted by atomic mass is 16.2. The molecule has 1 N–H and O–H groups in total. The van der Waals surface area contributed by atoms with Crippen LogP contribution in [0.2, 0.25) is 0 Å². The van der Waals surface area contributed by atoms with Crippen molar-refractivity contribution in [1.82, 2.24) is 10.2 Å². The Bertz CT molecular complexity index is 229. The molecule has 0 aliphatic carbocycles. The lowest BCUT2D eigenvalue weighted by Crippen LogP contribution is -2.37. The van der Waals surface area contributed by atoms with Crippen LogP contribution >= 0.6 is 0 Å². The molecule has 1 amide bonds. The lowest BCUT2D eigenvalue weighted by atomic mass is 10.1. The van der Waals surface area contributed by atoms with Crippen LogP contribution in [0.4, 0.5) is 0 Å². The SMILES string of the molecule is C=CCN(CC=C)CC(=O)NCCCCCCC. The quantitative estimate of drug-likeness (QED) is 0.428. The molecule has 0 fully saturated rings. The number of amides is 1. The molecule has 0 aliphatic rings. The smallest absolute Gasteiger partial charge is 0.234 e. The van der Waals surface area contributed by atoms with Gasteiger partial charge in [0.25, 0.3) is 0 Å². The topological polar surface area (TPSA) is 32.3 Å². The summed E-state index contributed by atoms with van der Waals surface area (Å²) in [4.78, 5) is 13.7. The molecule has 0 aliphatic heterocycles. The van der Waals surface area contributed by atoms with Gasteiger partial charge in [-0.3, -0.25) is 9.69 Å². The van der Waals surface area contributed by atoms with E-state index >= 15 is 0 Å². The van der Waals surface area contributed by atoms with Crippen molar-refractivity contribution in [2.75, 3.05) is 26.2 Å². The Balaban J connectivity index is 3.61. The standard InChI is InChI=1S/C15H28N2O/c1-4-7-8-9-10-11-16-15(18)14-17(12-5-2)13-6-3/h5-6H,2-4,7-14H2,1H3,(H,16,18).